The molecule has 0 radical (unpaired) electrons. The van der Waals surface area contributed by atoms with Crippen LogP contribution in [-0.4, -0.2) is 53.4 Å². The molecule has 29 heavy (non-hydrogen) atoms. The van der Waals surface area contributed by atoms with Crippen LogP contribution in [0, 0.1) is 17.7 Å². The average Bonchev–Trinajstić information content (AvgIpc) is 3.11. The quantitative estimate of drug-likeness (QED) is 0.778. The molecule has 0 spiro atoms. The van der Waals surface area contributed by atoms with Gasteiger partial charge >= 0.3 is 5.97 Å². The minimum absolute atomic E-state index is 0.279. The van der Waals surface area contributed by atoms with Crippen molar-refractivity contribution in [2.24, 2.45) is 11.8 Å². The van der Waals surface area contributed by atoms with Crippen LogP contribution in [0.15, 0.2) is 42.6 Å². The second-order valence-corrected chi connectivity index (χ2v) is 7.86. The smallest absolute Gasteiger partial charge is 0.337 e. The number of aliphatic hydroxyl groups excluding tert-OH is 1. The van der Waals surface area contributed by atoms with Crippen LogP contribution in [0.5, 0.6) is 5.75 Å². The van der Waals surface area contributed by atoms with E-state index in [1.165, 1.54) is 13.2 Å². The first-order valence-electron chi connectivity index (χ1n) is 9.88. The third-order valence-corrected chi connectivity index (χ3v) is 5.93. The molecule has 0 amide bonds. The zero-order chi connectivity index (χ0) is 20.4. The first kappa shape index (κ1) is 19.8. The normalized spacial score (nSPS) is 26.7. The third kappa shape index (κ3) is 4.41. The number of likely N-dealkylation sites (tertiary alicyclic amines) is 1. The number of aromatic nitrogens is 1. The van der Waals surface area contributed by atoms with E-state index in [9.17, 15) is 14.3 Å². The van der Waals surface area contributed by atoms with Crippen LogP contribution in [0.1, 0.15) is 28.9 Å². The Hall–Kier alpha value is -2.51. The van der Waals surface area contributed by atoms with E-state index >= 15 is 0 Å². The van der Waals surface area contributed by atoms with E-state index in [1.807, 2.05) is 0 Å². The number of hydrogen-bond acceptors (Lipinski definition) is 6. The highest BCUT2D eigenvalue weighted by Crippen LogP contribution is 2.38. The highest BCUT2D eigenvalue weighted by atomic mass is 19.1. The van der Waals surface area contributed by atoms with Crippen LogP contribution in [0.4, 0.5) is 4.39 Å². The number of benzene rings is 1. The SMILES string of the molecule is COC(=O)c1ccc(O[C@@H]2C[C@@H]3CN(Cc4ncccc4F)C[C@@H]3C[C@H]2O)cc1. The maximum absolute atomic E-state index is 13.9. The molecule has 4 atom stereocenters. The van der Waals surface area contributed by atoms with Gasteiger partial charge in [0.2, 0.25) is 0 Å². The Morgan fingerprint density at radius 1 is 1.21 bits per heavy atom. The van der Waals surface area contributed by atoms with Crippen molar-refractivity contribution >= 4 is 5.97 Å². The predicted octanol–water partition coefficient (Wildman–Crippen LogP) is 2.66. The summed E-state index contributed by atoms with van der Waals surface area (Å²) in [7, 11) is 1.34. The summed E-state index contributed by atoms with van der Waals surface area (Å²) in [6.07, 6.45) is 2.17. The number of carbonyl (C=O) groups excluding carboxylic acids is 1. The van der Waals surface area contributed by atoms with Crippen molar-refractivity contribution in [3.63, 3.8) is 0 Å². The minimum atomic E-state index is -0.553. The summed E-state index contributed by atoms with van der Waals surface area (Å²) in [4.78, 5) is 17.9. The van der Waals surface area contributed by atoms with Gasteiger partial charge in [-0.2, -0.15) is 0 Å². The Bertz CT molecular complexity index is 860. The molecule has 1 saturated carbocycles. The van der Waals surface area contributed by atoms with E-state index in [-0.39, 0.29) is 11.9 Å². The summed E-state index contributed by atoms with van der Waals surface area (Å²) in [6, 6.07) is 9.77. The van der Waals surface area contributed by atoms with Crippen LogP contribution in [-0.2, 0) is 11.3 Å². The van der Waals surface area contributed by atoms with Crippen molar-refractivity contribution < 1.29 is 23.8 Å². The van der Waals surface area contributed by atoms with Crippen molar-refractivity contribution in [2.75, 3.05) is 20.2 Å². The fourth-order valence-electron chi connectivity index (χ4n) is 4.45. The Balaban J connectivity index is 1.36. The molecular formula is C22H25FN2O4. The number of ether oxygens (including phenoxy) is 2. The number of esters is 1. The van der Waals surface area contributed by atoms with E-state index in [1.54, 1.807) is 36.5 Å². The Morgan fingerprint density at radius 3 is 2.62 bits per heavy atom. The molecule has 2 aromatic rings. The molecule has 6 nitrogen and oxygen atoms in total. The van der Waals surface area contributed by atoms with Crippen molar-refractivity contribution in [3.8, 4) is 5.75 Å². The molecule has 154 valence electrons. The summed E-state index contributed by atoms with van der Waals surface area (Å²) in [5.74, 6) is 0.708. The van der Waals surface area contributed by atoms with Crippen molar-refractivity contribution in [1.82, 2.24) is 9.88 Å². The summed E-state index contributed by atoms with van der Waals surface area (Å²) in [5.41, 5.74) is 0.919. The molecular weight excluding hydrogens is 375 g/mol. The fraction of sp³-hybridized carbons (Fsp3) is 0.455. The van der Waals surface area contributed by atoms with E-state index in [2.05, 4.69) is 9.88 Å². The second-order valence-electron chi connectivity index (χ2n) is 7.86. The van der Waals surface area contributed by atoms with Gasteiger partial charge < -0.3 is 14.6 Å². The summed E-state index contributed by atoms with van der Waals surface area (Å²) >= 11 is 0. The predicted molar refractivity (Wildman–Crippen MR) is 104 cm³/mol. The summed E-state index contributed by atoms with van der Waals surface area (Å²) < 4.78 is 24.6. The van der Waals surface area contributed by atoms with Gasteiger partial charge in [-0.3, -0.25) is 9.88 Å². The van der Waals surface area contributed by atoms with Gasteiger partial charge in [0.05, 0.1) is 24.5 Å². The first-order valence-corrected chi connectivity index (χ1v) is 9.88. The molecule has 0 unspecified atom stereocenters. The number of nitrogens with zero attached hydrogens (tertiary/aromatic N) is 2. The molecule has 1 saturated heterocycles. The highest BCUT2D eigenvalue weighted by molar-refractivity contribution is 5.89. The number of methoxy groups -OCH3 is 1. The van der Waals surface area contributed by atoms with Gasteiger partial charge in [0.15, 0.2) is 0 Å². The third-order valence-electron chi connectivity index (χ3n) is 5.93. The number of aliphatic hydroxyl groups is 1. The van der Waals surface area contributed by atoms with Crippen molar-refractivity contribution in [1.29, 1.82) is 0 Å². The van der Waals surface area contributed by atoms with Crippen LogP contribution in [0.3, 0.4) is 0 Å². The minimum Gasteiger partial charge on any atom is -0.488 e. The van der Waals surface area contributed by atoms with Crippen LogP contribution in [0.25, 0.3) is 0 Å². The summed E-state index contributed by atoms with van der Waals surface area (Å²) in [6.45, 7) is 2.16. The largest absolute Gasteiger partial charge is 0.488 e. The van der Waals surface area contributed by atoms with Gasteiger partial charge in [0, 0.05) is 25.8 Å². The summed E-state index contributed by atoms with van der Waals surface area (Å²) in [5, 5.41) is 10.6. The maximum Gasteiger partial charge on any atom is 0.337 e. The highest BCUT2D eigenvalue weighted by Gasteiger charge is 2.42. The van der Waals surface area contributed by atoms with E-state index in [0.29, 0.717) is 41.8 Å². The fourth-order valence-corrected chi connectivity index (χ4v) is 4.45. The van der Waals surface area contributed by atoms with Gasteiger partial charge in [-0.05, 0) is 61.1 Å². The molecule has 1 aromatic carbocycles. The molecule has 1 aliphatic carbocycles. The lowest BCUT2D eigenvalue weighted by Gasteiger charge is -2.35. The van der Waals surface area contributed by atoms with Crippen LogP contribution in [0.2, 0.25) is 0 Å². The van der Waals surface area contributed by atoms with Crippen LogP contribution < -0.4 is 4.74 Å². The number of rotatable bonds is 5. The number of halogens is 1. The molecule has 2 fully saturated rings. The van der Waals surface area contributed by atoms with Gasteiger partial charge in [-0.15, -0.1) is 0 Å². The molecule has 2 aliphatic rings. The number of fused-ring (bicyclic) bond motifs is 1. The van der Waals surface area contributed by atoms with Crippen molar-refractivity contribution in [3.05, 3.63) is 59.7 Å². The Morgan fingerprint density at radius 2 is 1.93 bits per heavy atom. The average molecular weight is 400 g/mol. The topological polar surface area (TPSA) is 71.9 Å². The van der Waals surface area contributed by atoms with Gasteiger partial charge in [-0.1, -0.05) is 0 Å². The van der Waals surface area contributed by atoms with Gasteiger partial charge in [-0.25, -0.2) is 9.18 Å². The molecule has 1 aliphatic heterocycles. The zero-order valence-electron chi connectivity index (χ0n) is 16.3. The molecule has 2 heterocycles. The van der Waals surface area contributed by atoms with Gasteiger partial charge in [0.1, 0.15) is 17.7 Å². The molecule has 0 bridgehead atoms. The Labute approximate surface area is 169 Å². The van der Waals surface area contributed by atoms with E-state index < -0.39 is 12.1 Å². The lowest BCUT2D eigenvalue weighted by molar-refractivity contribution is -0.0231. The van der Waals surface area contributed by atoms with Crippen LogP contribution >= 0.6 is 0 Å². The molecule has 1 aromatic heterocycles. The second kappa shape index (κ2) is 8.47. The van der Waals surface area contributed by atoms with E-state index in [0.717, 1.165) is 19.5 Å². The lowest BCUT2D eigenvalue weighted by atomic mass is 9.78. The standard InChI is InChI=1S/C22H25FN2O4/c1-28-22(27)14-4-6-17(7-5-14)29-21-10-16-12-25(11-15(16)9-20(21)26)13-19-18(23)3-2-8-24-19/h2-8,15-16,20-21,26H,9-13H2,1H3/t15-,16+,20+,21+/m0/s1. The number of pyridine rings is 1. The Kier molecular flexibility index (Phi) is 5.78. The number of carbonyl (C=O) groups is 1. The molecule has 4 rings (SSSR count). The number of hydrogen-bond donors (Lipinski definition) is 1. The zero-order valence-corrected chi connectivity index (χ0v) is 16.3. The molecule has 7 heteroatoms. The van der Waals surface area contributed by atoms with Gasteiger partial charge in [0.25, 0.3) is 0 Å². The maximum atomic E-state index is 13.9. The lowest BCUT2D eigenvalue weighted by Crippen LogP contribution is -2.42. The monoisotopic (exact) mass is 400 g/mol. The van der Waals surface area contributed by atoms with E-state index in [4.69, 9.17) is 9.47 Å². The first-order chi connectivity index (χ1) is 14.0. The van der Waals surface area contributed by atoms with Crippen molar-refractivity contribution in [2.45, 2.75) is 31.6 Å². The molecule has 1 N–H and O–H groups in total.